The molecule has 2 aromatic rings. The SMILES string of the molecule is Cc1ccccc1NC(=O)/C(C#N)=C\NCCCCc1ccccc1. The lowest BCUT2D eigenvalue weighted by atomic mass is 10.1. The minimum absolute atomic E-state index is 0.0753. The van der Waals surface area contributed by atoms with Crippen molar-refractivity contribution in [3.63, 3.8) is 0 Å². The third-order valence-corrected chi connectivity index (χ3v) is 3.88. The molecule has 0 saturated carbocycles. The standard InChI is InChI=1S/C21H23N3O/c1-17-9-5-6-13-20(17)24-21(25)19(15-22)16-23-14-8-7-12-18-10-3-2-4-11-18/h2-6,9-11,13,16,23H,7-8,12,14H2,1H3,(H,24,25)/b19-16-. The summed E-state index contributed by atoms with van der Waals surface area (Å²) in [6, 6.07) is 19.8. The van der Waals surface area contributed by atoms with Gasteiger partial charge in [0.15, 0.2) is 0 Å². The molecule has 0 unspecified atom stereocenters. The predicted molar refractivity (Wildman–Crippen MR) is 101 cm³/mol. The van der Waals surface area contributed by atoms with Crippen LogP contribution in [0.15, 0.2) is 66.4 Å². The molecule has 0 aliphatic rings. The van der Waals surface area contributed by atoms with Gasteiger partial charge in [-0.3, -0.25) is 4.79 Å². The smallest absolute Gasteiger partial charge is 0.267 e. The summed E-state index contributed by atoms with van der Waals surface area (Å²) in [6.45, 7) is 2.64. The molecule has 0 aromatic heterocycles. The minimum atomic E-state index is -0.395. The molecule has 0 atom stereocenters. The summed E-state index contributed by atoms with van der Waals surface area (Å²) in [5, 5.41) is 15.0. The Morgan fingerprint density at radius 1 is 1.08 bits per heavy atom. The molecule has 128 valence electrons. The molecule has 1 amide bonds. The first-order chi connectivity index (χ1) is 12.2. The normalized spacial score (nSPS) is 10.8. The van der Waals surface area contributed by atoms with Gasteiger partial charge in [0.2, 0.25) is 0 Å². The summed E-state index contributed by atoms with van der Waals surface area (Å²) >= 11 is 0. The van der Waals surface area contributed by atoms with Crippen LogP contribution in [0.2, 0.25) is 0 Å². The number of hydrogen-bond donors (Lipinski definition) is 2. The largest absolute Gasteiger partial charge is 0.390 e. The van der Waals surface area contributed by atoms with Crippen LogP contribution in [0.5, 0.6) is 0 Å². The molecule has 4 heteroatoms. The number of rotatable bonds is 8. The number of unbranched alkanes of at least 4 members (excludes halogenated alkanes) is 1. The fourth-order valence-electron chi connectivity index (χ4n) is 2.43. The maximum Gasteiger partial charge on any atom is 0.267 e. The quantitative estimate of drug-likeness (QED) is 0.437. The molecule has 0 aliphatic carbocycles. The highest BCUT2D eigenvalue weighted by Crippen LogP contribution is 2.14. The van der Waals surface area contributed by atoms with Gasteiger partial charge in [-0.15, -0.1) is 0 Å². The van der Waals surface area contributed by atoms with Crippen molar-refractivity contribution in [3.05, 3.63) is 77.5 Å². The van der Waals surface area contributed by atoms with Gasteiger partial charge in [0.05, 0.1) is 0 Å². The zero-order valence-corrected chi connectivity index (χ0v) is 14.5. The summed E-state index contributed by atoms with van der Waals surface area (Å²) in [5.41, 5.74) is 3.08. The molecule has 0 spiro atoms. The van der Waals surface area contributed by atoms with Crippen molar-refractivity contribution in [1.29, 1.82) is 5.26 Å². The van der Waals surface area contributed by atoms with E-state index < -0.39 is 5.91 Å². The molecule has 2 aromatic carbocycles. The highest BCUT2D eigenvalue weighted by molar-refractivity contribution is 6.06. The number of carbonyl (C=O) groups is 1. The van der Waals surface area contributed by atoms with Crippen molar-refractivity contribution in [3.8, 4) is 6.07 Å². The van der Waals surface area contributed by atoms with E-state index in [1.54, 1.807) is 0 Å². The van der Waals surface area contributed by atoms with Crippen LogP contribution in [0.25, 0.3) is 0 Å². The Hall–Kier alpha value is -3.06. The minimum Gasteiger partial charge on any atom is -0.390 e. The Balaban J connectivity index is 1.75. The molecule has 2 N–H and O–H groups in total. The van der Waals surface area contributed by atoms with Crippen LogP contribution in [-0.2, 0) is 11.2 Å². The van der Waals surface area contributed by atoms with Gasteiger partial charge in [0, 0.05) is 18.4 Å². The number of aryl methyl sites for hydroxylation is 2. The third-order valence-electron chi connectivity index (χ3n) is 3.88. The molecule has 25 heavy (non-hydrogen) atoms. The Kier molecular flexibility index (Phi) is 7.27. The number of carbonyl (C=O) groups excluding carboxylic acids is 1. The van der Waals surface area contributed by atoms with E-state index in [1.165, 1.54) is 11.8 Å². The van der Waals surface area contributed by atoms with Crippen LogP contribution in [0.4, 0.5) is 5.69 Å². The van der Waals surface area contributed by atoms with E-state index >= 15 is 0 Å². The van der Waals surface area contributed by atoms with Gasteiger partial charge in [-0.2, -0.15) is 5.26 Å². The van der Waals surface area contributed by atoms with Gasteiger partial charge in [-0.05, 0) is 43.4 Å². The number of nitriles is 1. The second kappa shape index (κ2) is 9.94. The van der Waals surface area contributed by atoms with Crippen LogP contribution in [0.3, 0.4) is 0 Å². The monoisotopic (exact) mass is 333 g/mol. The first-order valence-electron chi connectivity index (χ1n) is 8.45. The van der Waals surface area contributed by atoms with Gasteiger partial charge in [0.1, 0.15) is 11.6 Å². The van der Waals surface area contributed by atoms with E-state index in [0.29, 0.717) is 0 Å². The fourth-order valence-corrected chi connectivity index (χ4v) is 2.43. The molecule has 0 heterocycles. The van der Waals surface area contributed by atoms with Gasteiger partial charge >= 0.3 is 0 Å². The zero-order valence-electron chi connectivity index (χ0n) is 14.5. The average Bonchev–Trinajstić information content (AvgIpc) is 2.64. The molecular weight excluding hydrogens is 310 g/mol. The maximum absolute atomic E-state index is 12.2. The van der Waals surface area contributed by atoms with Crippen molar-refractivity contribution in [2.75, 3.05) is 11.9 Å². The van der Waals surface area contributed by atoms with Crippen molar-refractivity contribution < 1.29 is 4.79 Å². The average molecular weight is 333 g/mol. The second-order valence-electron chi connectivity index (χ2n) is 5.84. The van der Waals surface area contributed by atoms with Gasteiger partial charge in [-0.1, -0.05) is 48.5 Å². The lowest BCUT2D eigenvalue weighted by Crippen LogP contribution is -2.17. The summed E-state index contributed by atoms with van der Waals surface area (Å²) in [7, 11) is 0. The summed E-state index contributed by atoms with van der Waals surface area (Å²) in [6.07, 6.45) is 4.56. The summed E-state index contributed by atoms with van der Waals surface area (Å²) in [4.78, 5) is 12.2. The number of anilines is 1. The third kappa shape index (κ3) is 6.15. The van der Waals surface area contributed by atoms with E-state index in [0.717, 1.165) is 37.1 Å². The lowest BCUT2D eigenvalue weighted by Gasteiger charge is -2.07. The molecular formula is C21H23N3O. The van der Waals surface area contributed by atoms with Crippen LogP contribution in [0, 0.1) is 18.3 Å². The number of benzene rings is 2. The van der Waals surface area contributed by atoms with Gasteiger partial charge < -0.3 is 10.6 Å². The van der Waals surface area contributed by atoms with Gasteiger partial charge in [-0.25, -0.2) is 0 Å². The van der Waals surface area contributed by atoms with E-state index in [-0.39, 0.29) is 5.57 Å². The number of para-hydroxylation sites is 1. The van der Waals surface area contributed by atoms with Crippen molar-refractivity contribution in [1.82, 2.24) is 5.32 Å². The number of hydrogen-bond acceptors (Lipinski definition) is 3. The molecule has 0 bridgehead atoms. The molecule has 0 aliphatic heterocycles. The van der Waals surface area contributed by atoms with Crippen molar-refractivity contribution in [2.45, 2.75) is 26.2 Å². The first kappa shape index (κ1) is 18.3. The van der Waals surface area contributed by atoms with Gasteiger partial charge in [0.25, 0.3) is 5.91 Å². The number of nitrogens with zero attached hydrogens (tertiary/aromatic N) is 1. The van der Waals surface area contributed by atoms with E-state index in [2.05, 4.69) is 22.8 Å². The van der Waals surface area contributed by atoms with Crippen LogP contribution < -0.4 is 10.6 Å². The van der Waals surface area contributed by atoms with Crippen LogP contribution in [-0.4, -0.2) is 12.5 Å². The van der Waals surface area contributed by atoms with E-state index in [9.17, 15) is 10.1 Å². The van der Waals surface area contributed by atoms with Crippen molar-refractivity contribution in [2.24, 2.45) is 0 Å². The topological polar surface area (TPSA) is 64.9 Å². The Bertz CT molecular complexity index is 760. The maximum atomic E-state index is 12.2. The number of amides is 1. The summed E-state index contributed by atoms with van der Waals surface area (Å²) < 4.78 is 0. The molecule has 0 saturated heterocycles. The summed E-state index contributed by atoms with van der Waals surface area (Å²) in [5.74, 6) is -0.395. The van der Waals surface area contributed by atoms with Crippen molar-refractivity contribution >= 4 is 11.6 Å². The van der Waals surface area contributed by atoms with Crippen LogP contribution in [0.1, 0.15) is 24.0 Å². The molecule has 4 nitrogen and oxygen atoms in total. The molecule has 0 fully saturated rings. The lowest BCUT2D eigenvalue weighted by molar-refractivity contribution is -0.112. The first-order valence-corrected chi connectivity index (χ1v) is 8.45. The number of nitrogens with one attached hydrogen (secondary N) is 2. The Morgan fingerprint density at radius 3 is 2.52 bits per heavy atom. The highest BCUT2D eigenvalue weighted by Gasteiger charge is 2.09. The molecule has 2 rings (SSSR count). The predicted octanol–water partition coefficient (Wildman–Crippen LogP) is 3.95. The second-order valence-corrected chi connectivity index (χ2v) is 5.84. The van der Waals surface area contributed by atoms with E-state index in [1.807, 2.05) is 55.5 Å². The van der Waals surface area contributed by atoms with E-state index in [4.69, 9.17) is 0 Å². The zero-order chi connectivity index (χ0) is 17.9. The van der Waals surface area contributed by atoms with Crippen LogP contribution >= 0.6 is 0 Å². The Labute approximate surface area is 149 Å². The fraction of sp³-hybridized carbons (Fsp3) is 0.238. The molecule has 0 radical (unpaired) electrons. The Morgan fingerprint density at radius 2 is 1.80 bits per heavy atom. The highest BCUT2D eigenvalue weighted by atomic mass is 16.1.